The SMILES string of the molecule is CC(Cc1ccc(O)cc1)Nc1ccc(F)c(C(=O)O)c1. The zero-order valence-electron chi connectivity index (χ0n) is 11.5. The van der Waals surface area contributed by atoms with Crippen LogP contribution in [-0.2, 0) is 6.42 Å². The fraction of sp³-hybridized carbons (Fsp3) is 0.188. The molecular weight excluding hydrogens is 273 g/mol. The maximum absolute atomic E-state index is 13.3. The van der Waals surface area contributed by atoms with Crippen LogP contribution in [0, 0.1) is 5.82 Å². The molecule has 0 fully saturated rings. The van der Waals surface area contributed by atoms with Crippen LogP contribution < -0.4 is 5.32 Å². The van der Waals surface area contributed by atoms with E-state index in [9.17, 15) is 14.3 Å². The Morgan fingerprint density at radius 3 is 2.52 bits per heavy atom. The molecule has 2 aromatic carbocycles. The van der Waals surface area contributed by atoms with E-state index in [0.717, 1.165) is 11.6 Å². The summed E-state index contributed by atoms with van der Waals surface area (Å²) in [7, 11) is 0. The van der Waals surface area contributed by atoms with Crippen molar-refractivity contribution >= 4 is 11.7 Å². The molecule has 0 bridgehead atoms. The van der Waals surface area contributed by atoms with Crippen LogP contribution in [0.25, 0.3) is 0 Å². The van der Waals surface area contributed by atoms with E-state index in [1.54, 1.807) is 12.1 Å². The van der Waals surface area contributed by atoms with Crippen LogP contribution in [0.2, 0.25) is 0 Å². The van der Waals surface area contributed by atoms with Crippen molar-refractivity contribution in [3.63, 3.8) is 0 Å². The molecule has 0 radical (unpaired) electrons. The minimum absolute atomic E-state index is 0.0293. The molecule has 110 valence electrons. The van der Waals surface area contributed by atoms with Gasteiger partial charge in [0.25, 0.3) is 0 Å². The summed E-state index contributed by atoms with van der Waals surface area (Å²) < 4.78 is 13.3. The van der Waals surface area contributed by atoms with Crippen molar-refractivity contribution in [2.45, 2.75) is 19.4 Å². The number of aromatic carboxylic acids is 1. The fourth-order valence-electron chi connectivity index (χ4n) is 2.10. The summed E-state index contributed by atoms with van der Waals surface area (Å²) in [6.45, 7) is 1.94. The molecule has 0 saturated heterocycles. The van der Waals surface area contributed by atoms with Gasteiger partial charge in [0.15, 0.2) is 0 Å². The first-order valence-corrected chi connectivity index (χ1v) is 6.53. The zero-order chi connectivity index (χ0) is 15.4. The highest BCUT2D eigenvalue weighted by Gasteiger charge is 2.12. The summed E-state index contributed by atoms with van der Waals surface area (Å²) >= 11 is 0. The van der Waals surface area contributed by atoms with E-state index in [1.807, 2.05) is 19.1 Å². The molecule has 1 atom stereocenters. The number of benzene rings is 2. The van der Waals surface area contributed by atoms with Gasteiger partial charge in [-0.2, -0.15) is 0 Å². The molecule has 0 aliphatic heterocycles. The molecule has 3 N–H and O–H groups in total. The number of nitrogens with one attached hydrogen (secondary N) is 1. The van der Waals surface area contributed by atoms with Crippen molar-refractivity contribution < 1.29 is 19.4 Å². The van der Waals surface area contributed by atoms with Gasteiger partial charge in [-0.1, -0.05) is 12.1 Å². The highest BCUT2D eigenvalue weighted by Crippen LogP contribution is 2.17. The van der Waals surface area contributed by atoms with Crippen LogP contribution in [-0.4, -0.2) is 22.2 Å². The largest absolute Gasteiger partial charge is 0.508 e. The predicted molar refractivity (Wildman–Crippen MR) is 78.3 cm³/mol. The Bertz CT molecular complexity index is 640. The molecule has 21 heavy (non-hydrogen) atoms. The second kappa shape index (κ2) is 6.26. The van der Waals surface area contributed by atoms with E-state index in [2.05, 4.69) is 5.32 Å². The number of carboxylic acid groups (broad SMARTS) is 1. The third-order valence-electron chi connectivity index (χ3n) is 3.09. The van der Waals surface area contributed by atoms with E-state index < -0.39 is 11.8 Å². The molecule has 2 rings (SSSR count). The number of carbonyl (C=O) groups is 1. The first-order valence-electron chi connectivity index (χ1n) is 6.53. The lowest BCUT2D eigenvalue weighted by Gasteiger charge is -2.16. The summed E-state index contributed by atoms with van der Waals surface area (Å²) in [6.07, 6.45) is 0.695. The average Bonchev–Trinajstić information content (AvgIpc) is 2.43. The van der Waals surface area contributed by atoms with Crippen molar-refractivity contribution in [3.8, 4) is 5.75 Å². The summed E-state index contributed by atoms with van der Waals surface area (Å²) in [4.78, 5) is 10.9. The molecule has 0 aliphatic carbocycles. The topological polar surface area (TPSA) is 69.6 Å². The van der Waals surface area contributed by atoms with Crippen LogP contribution in [0.4, 0.5) is 10.1 Å². The molecule has 0 aromatic heterocycles. The van der Waals surface area contributed by atoms with E-state index in [4.69, 9.17) is 5.11 Å². The first kappa shape index (κ1) is 14.8. The number of hydrogen-bond donors (Lipinski definition) is 3. The van der Waals surface area contributed by atoms with Gasteiger partial charge in [-0.05, 0) is 49.2 Å². The number of carboxylic acids is 1. The Morgan fingerprint density at radius 2 is 1.90 bits per heavy atom. The first-order chi connectivity index (χ1) is 9.95. The van der Waals surface area contributed by atoms with Gasteiger partial charge in [0.05, 0.1) is 5.56 Å². The Morgan fingerprint density at radius 1 is 1.24 bits per heavy atom. The molecule has 0 aliphatic rings. The van der Waals surface area contributed by atoms with Crippen molar-refractivity contribution in [3.05, 3.63) is 59.4 Å². The Kier molecular flexibility index (Phi) is 4.42. The number of phenols is 1. The Balaban J connectivity index is 2.05. The number of hydrogen-bond acceptors (Lipinski definition) is 3. The van der Waals surface area contributed by atoms with E-state index in [0.29, 0.717) is 12.1 Å². The number of aromatic hydroxyl groups is 1. The van der Waals surface area contributed by atoms with Crippen LogP contribution in [0.3, 0.4) is 0 Å². The number of anilines is 1. The monoisotopic (exact) mass is 289 g/mol. The summed E-state index contributed by atoms with van der Waals surface area (Å²) in [6, 6.07) is 10.8. The zero-order valence-corrected chi connectivity index (χ0v) is 11.5. The van der Waals surface area contributed by atoms with Gasteiger partial charge in [-0.25, -0.2) is 9.18 Å². The minimum Gasteiger partial charge on any atom is -0.508 e. The standard InChI is InChI=1S/C16H16FNO3/c1-10(8-11-2-5-13(19)6-3-11)18-12-4-7-15(17)14(9-12)16(20)21/h2-7,9-10,18-19H,8H2,1H3,(H,20,21). The van der Waals surface area contributed by atoms with Gasteiger partial charge in [0.1, 0.15) is 11.6 Å². The molecule has 0 heterocycles. The fourth-order valence-corrected chi connectivity index (χ4v) is 2.10. The summed E-state index contributed by atoms with van der Waals surface area (Å²) in [5.41, 5.74) is 1.24. The quantitative estimate of drug-likeness (QED) is 0.790. The molecule has 0 amide bonds. The maximum atomic E-state index is 13.3. The second-order valence-corrected chi connectivity index (χ2v) is 4.92. The lowest BCUT2D eigenvalue weighted by molar-refractivity contribution is 0.0692. The Labute approximate surface area is 121 Å². The lowest BCUT2D eigenvalue weighted by Crippen LogP contribution is -2.18. The minimum atomic E-state index is -1.29. The van der Waals surface area contributed by atoms with Crippen molar-refractivity contribution in [1.82, 2.24) is 0 Å². The van der Waals surface area contributed by atoms with Crippen LogP contribution >= 0.6 is 0 Å². The highest BCUT2D eigenvalue weighted by molar-refractivity contribution is 5.89. The number of phenolic OH excluding ortho intramolecular Hbond substituents is 1. The van der Waals surface area contributed by atoms with Crippen molar-refractivity contribution in [2.24, 2.45) is 0 Å². The predicted octanol–water partition coefficient (Wildman–Crippen LogP) is 3.27. The van der Waals surface area contributed by atoms with E-state index >= 15 is 0 Å². The van der Waals surface area contributed by atoms with Crippen LogP contribution in [0.1, 0.15) is 22.8 Å². The third-order valence-corrected chi connectivity index (χ3v) is 3.09. The van der Waals surface area contributed by atoms with E-state index in [-0.39, 0.29) is 17.4 Å². The van der Waals surface area contributed by atoms with Crippen LogP contribution in [0.5, 0.6) is 5.75 Å². The van der Waals surface area contributed by atoms with Gasteiger partial charge in [-0.3, -0.25) is 0 Å². The molecular formula is C16H16FNO3. The molecule has 4 nitrogen and oxygen atoms in total. The summed E-state index contributed by atoms with van der Waals surface area (Å²) in [5, 5.41) is 21.3. The van der Waals surface area contributed by atoms with Gasteiger partial charge >= 0.3 is 5.97 Å². The normalized spacial score (nSPS) is 11.9. The Hall–Kier alpha value is -2.56. The van der Waals surface area contributed by atoms with Gasteiger partial charge in [-0.15, -0.1) is 0 Å². The van der Waals surface area contributed by atoms with Gasteiger partial charge in [0.2, 0.25) is 0 Å². The van der Waals surface area contributed by atoms with E-state index in [1.165, 1.54) is 12.1 Å². The molecule has 2 aromatic rings. The molecule has 1 unspecified atom stereocenters. The number of rotatable bonds is 5. The number of halogens is 1. The van der Waals surface area contributed by atoms with Gasteiger partial charge < -0.3 is 15.5 Å². The van der Waals surface area contributed by atoms with Gasteiger partial charge in [0, 0.05) is 11.7 Å². The lowest BCUT2D eigenvalue weighted by atomic mass is 10.1. The average molecular weight is 289 g/mol. The third kappa shape index (κ3) is 3.95. The van der Waals surface area contributed by atoms with Crippen molar-refractivity contribution in [2.75, 3.05) is 5.32 Å². The molecule has 5 heteroatoms. The van der Waals surface area contributed by atoms with Crippen molar-refractivity contribution in [1.29, 1.82) is 0 Å². The maximum Gasteiger partial charge on any atom is 0.338 e. The molecule has 0 spiro atoms. The highest BCUT2D eigenvalue weighted by atomic mass is 19.1. The summed E-state index contributed by atoms with van der Waals surface area (Å²) in [5.74, 6) is -1.83. The smallest absolute Gasteiger partial charge is 0.338 e. The molecule has 0 saturated carbocycles. The second-order valence-electron chi connectivity index (χ2n) is 4.92. The van der Waals surface area contributed by atoms with Crippen LogP contribution in [0.15, 0.2) is 42.5 Å².